The average Bonchev–Trinajstić information content (AvgIpc) is 2.69. The van der Waals surface area contributed by atoms with Gasteiger partial charge >= 0.3 is 5.97 Å². The Morgan fingerprint density at radius 3 is 1.39 bits per heavy atom. The number of rotatable bonds is 6. The number of hydrogen-bond acceptors (Lipinski definition) is 2. The van der Waals surface area contributed by atoms with Crippen molar-refractivity contribution in [1.82, 2.24) is 0 Å². The molecule has 31 heavy (non-hydrogen) atoms. The molecule has 0 spiro atoms. The minimum Gasteiger partial charge on any atom is -0.478 e. The lowest BCUT2D eigenvalue weighted by molar-refractivity contribution is -0.132. The number of carboxylic acids is 1. The Kier molecular flexibility index (Phi) is 12.6. The minimum absolute atomic E-state index is 0. The Hall–Kier alpha value is -3.66. The molecule has 0 aromatic heterocycles. The van der Waals surface area contributed by atoms with Crippen molar-refractivity contribution in [3.05, 3.63) is 106 Å². The van der Waals surface area contributed by atoms with Crippen LogP contribution in [0.25, 0.3) is 12.2 Å². The molecule has 0 heterocycles. The summed E-state index contributed by atoms with van der Waals surface area (Å²) in [5.41, 5.74) is 10.2. The van der Waals surface area contributed by atoms with E-state index >= 15 is 0 Å². The second-order valence-electron chi connectivity index (χ2n) is 6.92. The number of nitrogens with two attached hydrogens (primary N) is 1. The predicted molar refractivity (Wildman–Crippen MR) is 131 cm³/mol. The van der Waals surface area contributed by atoms with Gasteiger partial charge in [0, 0.05) is 11.1 Å². The molecular weight excluding hydrogens is 386 g/mol. The van der Waals surface area contributed by atoms with E-state index in [-0.39, 0.29) is 13.3 Å². The first-order valence-corrected chi connectivity index (χ1v) is 9.55. The largest absolute Gasteiger partial charge is 0.478 e. The van der Waals surface area contributed by atoms with Gasteiger partial charge in [0.25, 0.3) is 0 Å². The summed E-state index contributed by atoms with van der Waals surface area (Å²) in [6.07, 6.45) is 7.41. The lowest BCUT2D eigenvalue weighted by atomic mass is 10.1. The number of allylic oxidation sites excluding steroid dienone is 4. The molecule has 0 aliphatic rings. The molecule has 4 nitrogen and oxygen atoms in total. The van der Waals surface area contributed by atoms with Crippen molar-refractivity contribution < 1.29 is 14.7 Å². The Labute approximate surface area is 186 Å². The van der Waals surface area contributed by atoms with Gasteiger partial charge in [0.1, 0.15) is 0 Å². The number of carboxylic acid groups (broad SMARTS) is 1. The van der Waals surface area contributed by atoms with Crippen molar-refractivity contribution in [3.63, 3.8) is 0 Å². The van der Waals surface area contributed by atoms with Crippen molar-refractivity contribution in [3.8, 4) is 0 Å². The van der Waals surface area contributed by atoms with Crippen LogP contribution in [0.3, 0.4) is 0 Å². The van der Waals surface area contributed by atoms with Crippen LogP contribution >= 0.6 is 0 Å². The van der Waals surface area contributed by atoms with Gasteiger partial charge in [0.05, 0.1) is 0 Å². The van der Waals surface area contributed by atoms with E-state index in [4.69, 9.17) is 10.8 Å². The number of benzene rings is 2. The zero-order chi connectivity index (χ0) is 22.5. The molecule has 0 aliphatic heterocycles. The highest BCUT2D eigenvalue weighted by atomic mass is 16.4. The van der Waals surface area contributed by atoms with E-state index in [1.165, 1.54) is 0 Å². The summed E-state index contributed by atoms with van der Waals surface area (Å²) >= 11 is 0. The molecule has 0 aliphatic carbocycles. The molecule has 0 unspecified atom stereocenters. The SMILES string of the molecule is C.CC(=C\c1ccccc1)/C=C(\C)C(=O)O.CC(=C\c1ccccc1)/C=C(\C)C(N)=O. The molecule has 0 atom stereocenters. The second-order valence-corrected chi connectivity index (χ2v) is 6.92. The maximum atomic E-state index is 10.8. The fourth-order valence-corrected chi connectivity index (χ4v) is 2.52. The molecule has 164 valence electrons. The topological polar surface area (TPSA) is 80.4 Å². The van der Waals surface area contributed by atoms with Gasteiger partial charge in [0.2, 0.25) is 5.91 Å². The van der Waals surface area contributed by atoms with E-state index in [9.17, 15) is 9.59 Å². The summed E-state index contributed by atoms with van der Waals surface area (Å²) < 4.78 is 0. The monoisotopic (exact) mass is 419 g/mol. The smallest absolute Gasteiger partial charge is 0.331 e. The van der Waals surface area contributed by atoms with Crippen LogP contribution in [0.5, 0.6) is 0 Å². The number of aliphatic carboxylic acids is 1. The molecular formula is C27H33NO3. The number of amides is 1. The summed E-state index contributed by atoms with van der Waals surface area (Å²) in [4.78, 5) is 21.4. The number of carbonyl (C=O) groups excluding carboxylic acids is 1. The lowest BCUT2D eigenvalue weighted by Gasteiger charge is -1.97. The highest BCUT2D eigenvalue weighted by Gasteiger charge is 1.99. The lowest BCUT2D eigenvalue weighted by Crippen LogP contribution is -2.11. The van der Waals surface area contributed by atoms with Crippen LogP contribution in [0.1, 0.15) is 46.2 Å². The Morgan fingerprint density at radius 1 is 0.710 bits per heavy atom. The van der Waals surface area contributed by atoms with Crippen LogP contribution in [-0.2, 0) is 9.59 Å². The maximum Gasteiger partial charge on any atom is 0.331 e. The third-order valence-electron chi connectivity index (χ3n) is 4.00. The van der Waals surface area contributed by atoms with Gasteiger partial charge < -0.3 is 10.8 Å². The first-order chi connectivity index (χ1) is 14.2. The van der Waals surface area contributed by atoms with E-state index in [1.54, 1.807) is 26.0 Å². The van der Waals surface area contributed by atoms with Crippen LogP contribution in [0.4, 0.5) is 0 Å². The molecule has 3 N–H and O–H groups in total. The van der Waals surface area contributed by atoms with Crippen molar-refractivity contribution in [1.29, 1.82) is 0 Å². The van der Waals surface area contributed by atoms with Gasteiger partial charge in [-0.1, -0.05) is 97.5 Å². The third-order valence-corrected chi connectivity index (χ3v) is 4.00. The molecule has 0 bridgehead atoms. The standard InChI is InChI=1S/C13H15NO.C13H14O2.CH4/c2*1-10(8-11(2)13(14)15)9-12-6-4-3-5-7-12;/h3-9H,1-2H3,(H2,14,15);3-9H,1-2H3,(H,14,15);1H4/b2*10-9+,11-8+;. The van der Waals surface area contributed by atoms with Gasteiger partial charge in [-0.25, -0.2) is 4.79 Å². The molecule has 4 heteroatoms. The van der Waals surface area contributed by atoms with E-state index < -0.39 is 5.97 Å². The summed E-state index contributed by atoms with van der Waals surface area (Å²) in [5.74, 6) is -1.26. The van der Waals surface area contributed by atoms with Crippen LogP contribution < -0.4 is 5.73 Å². The molecule has 0 fully saturated rings. The van der Waals surface area contributed by atoms with E-state index in [2.05, 4.69) is 0 Å². The highest BCUT2D eigenvalue weighted by Crippen LogP contribution is 2.10. The zero-order valence-electron chi connectivity index (χ0n) is 17.9. The Morgan fingerprint density at radius 2 is 1.06 bits per heavy atom. The van der Waals surface area contributed by atoms with Gasteiger partial charge in [0.15, 0.2) is 0 Å². The molecule has 2 aromatic carbocycles. The summed E-state index contributed by atoms with van der Waals surface area (Å²) in [6.45, 7) is 7.13. The second kappa shape index (κ2) is 14.3. The van der Waals surface area contributed by atoms with E-state index in [1.807, 2.05) is 86.7 Å². The van der Waals surface area contributed by atoms with Gasteiger partial charge in [-0.3, -0.25) is 4.79 Å². The molecule has 2 aromatic rings. The Balaban J connectivity index is 0.000000562. The predicted octanol–water partition coefficient (Wildman–Crippen LogP) is 6.28. The van der Waals surface area contributed by atoms with E-state index in [0.29, 0.717) is 11.1 Å². The van der Waals surface area contributed by atoms with Crippen molar-refractivity contribution >= 4 is 24.0 Å². The zero-order valence-corrected chi connectivity index (χ0v) is 17.9. The minimum atomic E-state index is -0.879. The van der Waals surface area contributed by atoms with Crippen molar-refractivity contribution in [2.24, 2.45) is 5.73 Å². The van der Waals surface area contributed by atoms with Crippen molar-refractivity contribution in [2.75, 3.05) is 0 Å². The average molecular weight is 420 g/mol. The van der Waals surface area contributed by atoms with Crippen LogP contribution in [0, 0.1) is 0 Å². The molecule has 2 rings (SSSR count). The summed E-state index contributed by atoms with van der Waals surface area (Å²) in [5, 5.41) is 8.70. The third kappa shape index (κ3) is 11.8. The summed E-state index contributed by atoms with van der Waals surface area (Å²) in [7, 11) is 0. The van der Waals surface area contributed by atoms with Crippen LogP contribution in [0.15, 0.2) is 95.1 Å². The Bertz CT molecular complexity index is 885. The molecule has 0 radical (unpaired) electrons. The van der Waals surface area contributed by atoms with Crippen LogP contribution in [0.2, 0.25) is 0 Å². The van der Waals surface area contributed by atoms with Crippen LogP contribution in [-0.4, -0.2) is 17.0 Å². The summed E-state index contributed by atoms with van der Waals surface area (Å²) in [6, 6.07) is 19.8. The fourth-order valence-electron chi connectivity index (χ4n) is 2.52. The van der Waals surface area contributed by atoms with Gasteiger partial charge in [-0.15, -0.1) is 0 Å². The first kappa shape index (κ1) is 27.3. The number of hydrogen-bond donors (Lipinski definition) is 2. The molecule has 1 amide bonds. The number of primary amides is 1. The molecule has 0 saturated carbocycles. The van der Waals surface area contributed by atoms with Gasteiger partial charge in [-0.05, 0) is 44.9 Å². The normalized spacial score (nSPS) is 12.3. The van der Waals surface area contributed by atoms with Gasteiger partial charge in [-0.2, -0.15) is 0 Å². The van der Waals surface area contributed by atoms with E-state index in [0.717, 1.165) is 22.3 Å². The fraction of sp³-hybridized carbons (Fsp3) is 0.185. The molecule has 0 saturated heterocycles. The first-order valence-electron chi connectivity index (χ1n) is 9.55. The highest BCUT2D eigenvalue weighted by molar-refractivity contribution is 5.92. The maximum absolute atomic E-state index is 10.8. The van der Waals surface area contributed by atoms with Crippen molar-refractivity contribution in [2.45, 2.75) is 35.1 Å². The number of carbonyl (C=O) groups is 2. The quantitative estimate of drug-likeness (QED) is 0.427.